The molecular weight excluding hydrogens is 406 g/mol. The van der Waals surface area contributed by atoms with Crippen molar-refractivity contribution < 1.29 is 9.32 Å². The number of carbonyl (C=O) groups is 1. The molecule has 0 spiro atoms. The van der Waals surface area contributed by atoms with Gasteiger partial charge in [-0.25, -0.2) is 0 Å². The Morgan fingerprint density at radius 2 is 1.97 bits per heavy atom. The van der Waals surface area contributed by atoms with Gasteiger partial charge in [0.2, 0.25) is 0 Å². The molecule has 3 heterocycles. The lowest BCUT2D eigenvalue weighted by molar-refractivity contribution is 0.0727. The second-order valence-corrected chi connectivity index (χ2v) is 7.74. The van der Waals surface area contributed by atoms with Gasteiger partial charge in [0.05, 0.1) is 17.3 Å². The standard InChI is InChI=1S/C22H18ClN3O2S/c1-15-20(21(25-28-15)18-7-2-3-8-19(18)23)22(27)26(12-16-9-11-29-14-16)13-17-6-4-5-10-24-17/h2-11,14H,12-13H2,1H3. The molecule has 0 atom stereocenters. The van der Waals surface area contributed by atoms with E-state index in [1.165, 1.54) is 0 Å². The highest BCUT2D eigenvalue weighted by atomic mass is 35.5. The molecule has 0 unspecified atom stereocenters. The first-order chi connectivity index (χ1) is 14.1. The predicted molar refractivity (Wildman–Crippen MR) is 114 cm³/mol. The average Bonchev–Trinajstić information content (AvgIpc) is 3.38. The molecule has 7 heteroatoms. The van der Waals surface area contributed by atoms with Crippen LogP contribution in [-0.2, 0) is 13.1 Å². The van der Waals surface area contributed by atoms with E-state index in [-0.39, 0.29) is 5.91 Å². The SMILES string of the molecule is Cc1onc(-c2ccccc2Cl)c1C(=O)N(Cc1ccsc1)Cc1ccccn1. The van der Waals surface area contributed by atoms with Crippen LogP contribution in [0.3, 0.4) is 0 Å². The fraction of sp³-hybridized carbons (Fsp3) is 0.136. The van der Waals surface area contributed by atoms with E-state index >= 15 is 0 Å². The molecule has 0 saturated heterocycles. The molecule has 0 fully saturated rings. The number of hydrogen-bond acceptors (Lipinski definition) is 5. The minimum atomic E-state index is -0.171. The van der Waals surface area contributed by atoms with Crippen LogP contribution in [0.1, 0.15) is 27.4 Å². The third-order valence-corrected chi connectivity index (χ3v) is 5.59. The zero-order chi connectivity index (χ0) is 20.2. The fourth-order valence-corrected chi connectivity index (χ4v) is 3.99. The molecular formula is C22H18ClN3O2S. The van der Waals surface area contributed by atoms with Crippen LogP contribution in [0.4, 0.5) is 0 Å². The maximum atomic E-state index is 13.6. The largest absolute Gasteiger partial charge is 0.360 e. The Morgan fingerprint density at radius 1 is 1.14 bits per heavy atom. The number of carbonyl (C=O) groups excluding carboxylic acids is 1. The lowest BCUT2D eigenvalue weighted by Crippen LogP contribution is -2.31. The van der Waals surface area contributed by atoms with Crippen molar-refractivity contribution in [3.63, 3.8) is 0 Å². The summed E-state index contributed by atoms with van der Waals surface area (Å²) in [5.41, 5.74) is 3.42. The van der Waals surface area contributed by atoms with Crippen LogP contribution in [0.25, 0.3) is 11.3 Å². The van der Waals surface area contributed by atoms with E-state index in [2.05, 4.69) is 10.1 Å². The first-order valence-electron chi connectivity index (χ1n) is 9.05. The predicted octanol–water partition coefficient (Wildman–Crippen LogP) is 5.60. The normalized spacial score (nSPS) is 10.8. The molecule has 0 aliphatic heterocycles. The van der Waals surface area contributed by atoms with Gasteiger partial charge in [-0.2, -0.15) is 11.3 Å². The number of rotatable bonds is 6. The van der Waals surface area contributed by atoms with Gasteiger partial charge in [0.15, 0.2) is 0 Å². The van der Waals surface area contributed by atoms with E-state index in [9.17, 15) is 4.79 Å². The number of thiophene rings is 1. The Hall–Kier alpha value is -2.96. The summed E-state index contributed by atoms with van der Waals surface area (Å²) in [6, 6.07) is 15.0. The van der Waals surface area contributed by atoms with Crippen molar-refractivity contribution in [1.82, 2.24) is 15.0 Å². The second kappa shape index (κ2) is 8.59. The molecule has 1 aromatic carbocycles. The minimum Gasteiger partial charge on any atom is -0.360 e. The van der Waals surface area contributed by atoms with Crippen LogP contribution in [0, 0.1) is 6.92 Å². The van der Waals surface area contributed by atoms with E-state index in [4.69, 9.17) is 16.1 Å². The Labute approximate surface area is 177 Å². The van der Waals surface area contributed by atoms with E-state index in [1.54, 1.807) is 35.4 Å². The zero-order valence-corrected chi connectivity index (χ0v) is 17.3. The highest BCUT2D eigenvalue weighted by Gasteiger charge is 2.27. The molecule has 29 heavy (non-hydrogen) atoms. The molecule has 5 nitrogen and oxygen atoms in total. The first-order valence-corrected chi connectivity index (χ1v) is 10.4. The van der Waals surface area contributed by atoms with Gasteiger partial charge < -0.3 is 9.42 Å². The van der Waals surface area contributed by atoms with Crippen molar-refractivity contribution in [2.24, 2.45) is 0 Å². The summed E-state index contributed by atoms with van der Waals surface area (Å²) in [6.45, 7) is 2.58. The molecule has 0 radical (unpaired) electrons. The quantitative estimate of drug-likeness (QED) is 0.405. The highest BCUT2D eigenvalue weighted by Crippen LogP contribution is 2.32. The number of pyridine rings is 1. The minimum absolute atomic E-state index is 0.171. The molecule has 146 valence electrons. The maximum absolute atomic E-state index is 13.6. The van der Waals surface area contributed by atoms with Crippen molar-refractivity contribution >= 4 is 28.8 Å². The van der Waals surface area contributed by atoms with Crippen molar-refractivity contribution in [3.8, 4) is 11.3 Å². The molecule has 4 rings (SSSR count). The Bertz CT molecular complexity index is 1110. The summed E-state index contributed by atoms with van der Waals surface area (Å²) in [7, 11) is 0. The van der Waals surface area contributed by atoms with Gasteiger partial charge in [-0.05, 0) is 47.5 Å². The lowest BCUT2D eigenvalue weighted by Gasteiger charge is -2.22. The number of aryl methyl sites for hydroxylation is 1. The van der Waals surface area contributed by atoms with Crippen molar-refractivity contribution in [2.45, 2.75) is 20.0 Å². The number of nitrogens with zero attached hydrogens (tertiary/aromatic N) is 3. The Kier molecular flexibility index (Phi) is 5.74. The van der Waals surface area contributed by atoms with Gasteiger partial charge in [-0.1, -0.05) is 41.0 Å². The van der Waals surface area contributed by atoms with Crippen LogP contribution >= 0.6 is 22.9 Å². The van der Waals surface area contributed by atoms with Crippen LogP contribution in [-0.4, -0.2) is 20.9 Å². The number of halogens is 1. The van der Waals surface area contributed by atoms with Crippen molar-refractivity contribution in [2.75, 3.05) is 0 Å². The molecule has 1 amide bonds. The number of hydrogen-bond donors (Lipinski definition) is 0. The Morgan fingerprint density at radius 3 is 2.69 bits per heavy atom. The molecule has 0 aliphatic carbocycles. The van der Waals surface area contributed by atoms with E-state index < -0.39 is 0 Å². The summed E-state index contributed by atoms with van der Waals surface area (Å²) < 4.78 is 5.39. The van der Waals surface area contributed by atoms with E-state index in [0.717, 1.165) is 11.3 Å². The van der Waals surface area contributed by atoms with Gasteiger partial charge in [0, 0.05) is 18.3 Å². The van der Waals surface area contributed by atoms with Gasteiger partial charge in [-0.3, -0.25) is 9.78 Å². The van der Waals surface area contributed by atoms with Crippen LogP contribution in [0.15, 0.2) is 70.0 Å². The molecule has 0 saturated carbocycles. The fourth-order valence-electron chi connectivity index (χ4n) is 3.11. The number of amides is 1. The van der Waals surface area contributed by atoms with Crippen molar-refractivity contribution in [1.29, 1.82) is 0 Å². The zero-order valence-electron chi connectivity index (χ0n) is 15.7. The second-order valence-electron chi connectivity index (χ2n) is 6.56. The van der Waals surface area contributed by atoms with Gasteiger partial charge in [-0.15, -0.1) is 0 Å². The Balaban J connectivity index is 1.73. The monoisotopic (exact) mass is 423 g/mol. The van der Waals surface area contributed by atoms with Gasteiger partial charge >= 0.3 is 0 Å². The van der Waals surface area contributed by atoms with Crippen LogP contribution in [0.2, 0.25) is 5.02 Å². The summed E-state index contributed by atoms with van der Waals surface area (Å²) >= 11 is 7.95. The molecule has 0 bridgehead atoms. The average molecular weight is 424 g/mol. The summed E-state index contributed by atoms with van der Waals surface area (Å²) in [5, 5.41) is 8.69. The van der Waals surface area contributed by atoms with Crippen LogP contribution in [0.5, 0.6) is 0 Å². The molecule has 0 N–H and O–H groups in total. The van der Waals surface area contributed by atoms with Crippen molar-refractivity contribution in [3.05, 3.63) is 93.1 Å². The third-order valence-electron chi connectivity index (χ3n) is 4.53. The first kappa shape index (κ1) is 19.4. The van der Waals surface area contributed by atoms with Gasteiger partial charge in [0.25, 0.3) is 5.91 Å². The summed E-state index contributed by atoms with van der Waals surface area (Å²) in [4.78, 5) is 19.8. The lowest BCUT2D eigenvalue weighted by atomic mass is 10.0. The van der Waals surface area contributed by atoms with Crippen LogP contribution < -0.4 is 0 Å². The molecule has 3 aromatic heterocycles. The summed E-state index contributed by atoms with van der Waals surface area (Å²) in [6.07, 6.45) is 1.72. The van der Waals surface area contributed by atoms with Gasteiger partial charge in [0.1, 0.15) is 17.0 Å². The number of benzene rings is 1. The highest BCUT2D eigenvalue weighted by molar-refractivity contribution is 7.07. The number of aromatic nitrogens is 2. The van der Waals surface area contributed by atoms with E-state index in [0.29, 0.717) is 40.7 Å². The maximum Gasteiger partial charge on any atom is 0.260 e. The van der Waals surface area contributed by atoms with E-state index in [1.807, 2.05) is 53.2 Å². The third kappa shape index (κ3) is 4.23. The molecule has 0 aliphatic rings. The molecule has 4 aromatic rings. The summed E-state index contributed by atoms with van der Waals surface area (Å²) in [5.74, 6) is 0.289. The topological polar surface area (TPSA) is 59.2 Å². The smallest absolute Gasteiger partial charge is 0.260 e.